The number of carbonyl (C=O) groups is 2. The first-order valence-electron chi connectivity index (χ1n) is 6.44. The molecule has 0 heterocycles. The van der Waals surface area contributed by atoms with Crippen molar-refractivity contribution in [3.8, 4) is 11.5 Å². The average Bonchev–Trinajstić information content (AvgIpc) is 2.44. The van der Waals surface area contributed by atoms with Gasteiger partial charge in [-0.3, -0.25) is 4.79 Å². The Labute approximate surface area is 123 Å². The SMILES string of the molecule is COc1cc(NC(=O)NCC(C)CC(=O)O)cc(OC)c1. The van der Waals surface area contributed by atoms with E-state index in [0.717, 1.165) is 0 Å². The molecule has 1 aromatic rings. The van der Waals surface area contributed by atoms with Crippen molar-refractivity contribution in [3.63, 3.8) is 0 Å². The maximum atomic E-state index is 11.8. The number of carboxylic acids is 1. The van der Waals surface area contributed by atoms with Crippen LogP contribution in [-0.4, -0.2) is 37.9 Å². The highest BCUT2D eigenvalue weighted by molar-refractivity contribution is 5.89. The molecule has 0 fully saturated rings. The normalized spacial score (nSPS) is 11.4. The van der Waals surface area contributed by atoms with Gasteiger partial charge in [0, 0.05) is 36.9 Å². The highest BCUT2D eigenvalue weighted by Crippen LogP contribution is 2.25. The molecular formula is C14H20N2O5. The van der Waals surface area contributed by atoms with Gasteiger partial charge in [0.15, 0.2) is 0 Å². The van der Waals surface area contributed by atoms with Gasteiger partial charge in [-0.25, -0.2) is 4.79 Å². The smallest absolute Gasteiger partial charge is 0.319 e. The van der Waals surface area contributed by atoms with E-state index in [1.54, 1.807) is 25.1 Å². The number of ether oxygens (including phenoxy) is 2. The van der Waals surface area contributed by atoms with Crippen molar-refractivity contribution in [1.29, 1.82) is 0 Å². The van der Waals surface area contributed by atoms with Crippen LogP contribution in [0.2, 0.25) is 0 Å². The van der Waals surface area contributed by atoms with Crippen LogP contribution in [0, 0.1) is 5.92 Å². The Balaban J connectivity index is 2.56. The van der Waals surface area contributed by atoms with E-state index in [1.165, 1.54) is 14.2 Å². The highest BCUT2D eigenvalue weighted by atomic mass is 16.5. The summed E-state index contributed by atoms with van der Waals surface area (Å²) in [5, 5.41) is 13.9. The van der Waals surface area contributed by atoms with Crippen LogP contribution in [0.4, 0.5) is 10.5 Å². The molecule has 0 spiro atoms. The van der Waals surface area contributed by atoms with E-state index in [1.807, 2.05) is 0 Å². The molecule has 7 heteroatoms. The van der Waals surface area contributed by atoms with Crippen LogP contribution in [0.3, 0.4) is 0 Å². The van der Waals surface area contributed by atoms with Gasteiger partial charge < -0.3 is 25.2 Å². The van der Waals surface area contributed by atoms with Crippen LogP contribution >= 0.6 is 0 Å². The topological polar surface area (TPSA) is 96.9 Å². The number of carboxylic acid groups (broad SMARTS) is 1. The number of amides is 2. The summed E-state index contributed by atoms with van der Waals surface area (Å²) in [5.74, 6) is 0.0862. The molecule has 0 saturated heterocycles. The van der Waals surface area contributed by atoms with E-state index in [9.17, 15) is 9.59 Å². The molecule has 0 aromatic heterocycles. The number of hydrogen-bond acceptors (Lipinski definition) is 4. The molecule has 21 heavy (non-hydrogen) atoms. The second-order valence-electron chi connectivity index (χ2n) is 4.64. The summed E-state index contributed by atoms with van der Waals surface area (Å²) in [4.78, 5) is 22.3. The first-order valence-corrected chi connectivity index (χ1v) is 6.44. The minimum absolute atomic E-state index is 0.00721. The third-order valence-corrected chi connectivity index (χ3v) is 2.74. The molecule has 0 aliphatic heterocycles. The molecule has 0 radical (unpaired) electrons. The lowest BCUT2D eigenvalue weighted by Crippen LogP contribution is -2.33. The van der Waals surface area contributed by atoms with Crippen molar-refractivity contribution in [2.45, 2.75) is 13.3 Å². The first kappa shape index (κ1) is 16.6. The zero-order chi connectivity index (χ0) is 15.8. The monoisotopic (exact) mass is 296 g/mol. The molecule has 1 atom stereocenters. The zero-order valence-corrected chi connectivity index (χ0v) is 12.3. The average molecular weight is 296 g/mol. The summed E-state index contributed by atoms with van der Waals surface area (Å²) < 4.78 is 10.2. The molecule has 2 amide bonds. The third-order valence-electron chi connectivity index (χ3n) is 2.74. The molecule has 116 valence electrons. The Morgan fingerprint density at radius 1 is 1.19 bits per heavy atom. The minimum atomic E-state index is -0.887. The number of anilines is 1. The van der Waals surface area contributed by atoms with Crippen molar-refractivity contribution in [3.05, 3.63) is 18.2 Å². The second kappa shape index (κ2) is 7.98. The Kier molecular flexibility index (Phi) is 6.32. The molecule has 0 bridgehead atoms. The quantitative estimate of drug-likeness (QED) is 0.714. The third kappa shape index (κ3) is 6.03. The summed E-state index contributed by atoms with van der Waals surface area (Å²) >= 11 is 0. The lowest BCUT2D eigenvalue weighted by molar-refractivity contribution is -0.137. The summed E-state index contributed by atoms with van der Waals surface area (Å²) in [6.07, 6.45) is 0.00721. The van der Waals surface area contributed by atoms with Crippen molar-refractivity contribution in [1.82, 2.24) is 5.32 Å². The van der Waals surface area contributed by atoms with E-state index < -0.39 is 12.0 Å². The zero-order valence-electron chi connectivity index (χ0n) is 12.3. The van der Waals surface area contributed by atoms with Gasteiger partial charge in [-0.05, 0) is 5.92 Å². The molecular weight excluding hydrogens is 276 g/mol. The van der Waals surface area contributed by atoms with Gasteiger partial charge in [-0.15, -0.1) is 0 Å². The van der Waals surface area contributed by atoms with Crippen molar-refractivity contribution in [2.75, 3.05) is 26.1 Å². The van der Waals surface area contributed by atoms with Gasteiger partial charge in [0.05, 0.1) is 14.2 Å². The molecule has 1 unspecified atom stereocenters. The largest absolute Gasteiger partial charge is 0.497 e. The van der Waals surface area contributed by atoms with Crippen molar-refractivity contribution >= 4 is 17.7 Å². The Morgan fingerprint density at radius 2 is 1.76 bits per heavy atom. The van der Waals surface area contributed by atoms with Gasteiger partial charge in [-0.1, -0.05) is 6.92 Å². The molecule has 0 aliphatic rings. The summed E-state index contributed by atoms with van der Waals surface area (Å²) in [7, 11) is 3.04. The number of methoxy groups -OCH3 is 2. The van der Waals surface area contributed by atoms with Crippen LogP contribution in [-0.2, 0) is 4.79 Å². The van der Waals surface area contributed by atoms with Gasteiger partial charge in [0.25, 0.3) is 0 Å². The van der Waals surface area contributed by atoms with Crippen LogP contribution in [0.5, 0.6) is 11.5 Å². The lowest BCUT2D eigenvalue weighted by atomic mass is 10.1. The second-order valence-corrected chi connectivity index (χ2v) is 4.64. The van der Waals surface area contributed by atoms with Crippen molar-refractivity contribution < 1.29 is 24.2 Å². The maximum absolute atomic E-state index is 11.8. The van der Waals surface area contributed by atoms with Crippen LogP contribution < -0.4 is 20.1 Å². The van der Waals surface area contributed by atoms with Gasteiger partial charge in [-0.2, -0.15) is 0 Å². The molecule has 3 N–H and O–H groups in total. The fourth-order valence-corrected chi connectivity index (χ4v) is 1.69. The van der Waals surface area contributed by atoms with Gasteiger partial charge in [0.2, 0.25) is 0 Å². The summed E-state index contributed by atoms with van der Waals surface area (Å²) in [6, 6.07) is 4.59. The molecule has 7 nitrogen and oxygen atoms in total. The molecule has 0 aliphatic carbocycles. The Bertz CT molecular complexity index is 482. The maximum Gasteiger partial charge on any atom is 0.319 e. The number of hydrogen-bond donors (Lipinski definition) is 3. The van der Waals surface area contributed by atoms with Gasteiger partial charge >= 0.3 is 12.0 Å². The highest BCUT2D eigenvalue weighted by Gasteiger charge is 2.10. The fourth-order valence-electron chi connectivity index (χ4n) is 1.69. The minimum Gasteiger partial charge on any atom is -0.497 e. The Morgan fingerprint density at radius 3 is 2.24 bits per heavy atom. The van der Waals surface area contributed by atoms with Gasteiger partial charge in [0.1, 0.15) is 11.5 Å². The van der Waals surface area contributed by atoms with E-state index in [-0.39, 0.29) is 18.9 Å². The molecule has 1 rings (SSSR count). The number of benzene rings is 1. The van der Waals surface area contributed by atoms with Crippen molar-refractivity contribution in [2.24, 2.45) is 5.92 Å². The number of rotatable bonds is 7. The predicted molar refractivity (Wildman–Crippen MR) is 78.0 cm³/mol. The first-order chi connectivity index (χ1) is 9.94. The fraction of sp³-hybridized carbons (Fsp3) is 0.429. The number of urea groups is 1. The van der Waals surface area contributed by atoms with E-state index in [4.69, 9.17) is 14.6 Å². The predicted octanol–water partition coefficient (Wildman–Crippen LogP) is 1.94. The van der Waals surface area contributed by atoms with Crippen LogP contribution in [0.25, 0.3) is 0 Å². The lowest BCUT2D eigenvalue weighted by Gasteiger charge is -2.13. The Hall–Kier alpha value is -2.44. The molecule has 1 aromatic carbocycles. The van der Waals surface area contributed by atoms with E-state index in [2.05, 4.69) is 10.6 Å². The summed E-state index contributed by atoms with van der Waals surface area (Å²) in [6.45, 7) is 2.03. The van der Waals surface area contributed by atoms with E-state index >= 15 is 0 Å². The number of carbonyl (C=O) groups excluding carboxylic acids is 1. The standard InChI is InChI=1S/C14H20N2O5/c1-9(4-13(17)18)8-15-14(19)16-10-5-11(20-2)7-12(6-10)21-3/h5-7,9H,4,8H2,1-3H3,(H,17,18)(H2,15,16,19). The molecule has 0 saturated carbocycles. The number of aliphatic carboxylic acids is 1. The number of nitrogens with one attached hydrogen (secondary N) is 2. The van der Waals surface area contributed by atoms with Crippen LogP contribution in [0.15, 0.2) is 18.2 Å². The van der Waals surface area contributed by atoms with E-state index in [0.29, 0.717) is 17.2 Å². The van der Waals surface area contributed by atoms with Crippen LogP contribution in [0.1, 0.15) is 13.3 Å². The summed E-state index contributed by atoms with van der Waals surface area (Å²) in [5.41, 5.74) is 0.523.